The fourth-order valence-electron chi connectivity index (χ4n) is 5.97. The molecule has 0 unspecified atom stereocenters. The quantitative estimate of drug-likeness (QED) is 0.464. The molecule has 8 heteroatoms. The number of carbonyl (C=O) groups is 1. The third-order valence-corrected chi connectivity index (χ3v) is 8.24. The van der Waals surface area contributed by atoms with Crippen LogP contribution in [0.4, 0.5) is 10.3 Å². The Morgan fingerprint density at radius 1 is 1.08 bits per heavy atom. The first-order valence-corrected chi connectivity index (χ1v) is 13.8. The highest BCUT2D eigenvalue weighted by molar-refractivity contribution is 5.79. The standard InChI is InChI=1S/C29H39FN4O3/c1-36-20-21-18-31-29(32-19-21)34-12-7-22(8-13-34)26-15-23(26)9-14-37-25-6-5-24(27(30)17-25)16-28(35)33-10-3-2-4-11-33/h5-6,17-19,22-23,26H,2-4,7-16,20H2,1H3/t23-,26-/m1/s1. The molecule has 3 heterocycles. The van der Waals surface area contributed by atoms with Crippen LogP contribution in [0.1, 0.15) is 56.1 Å². The highest BCUT2D eigenvalue weighted by Crippen LogP contribution is 2.49. The summed E-state index contributed by atoms with van der Waals surface area (Å²) in [5, 5.41) is 0. The lowest BCUT2D eigenvalue weighted by Crippen LogP contribution is -2.36. The van der Waals surface area contributed by atoms with Crippen molar-refractivity contribution in [1.82, 2.24) is 14.9 Å². The van der Waals surface area contributed by atoms with E-state index in [-0.39, 0.29) is 18.1 Å². The first kappa shape index (κ1) is 25.9. The number of benzene rings is 1. The molecule has 3 fully saturated rings. The van der Waals surface area contributed by atoms with Crippen LogP contribution in [-0.2, 0) is 22.6 Å². The van der Waals surface area contributed by atoms with E-state index in [1.54, 1.807) is 19.2 Å². The number of amides is 1. The number of nitrogens with zero attached hydrogens (tertiary/aromatic N) is 4. The van der Waals surface area contributed by atoms with Gasteiger partial charge in [-0.1, -0.05) is 6.07 Å². The maximum Gasteiger partial charge on any atom is 0.227 e. The second-order valence-corrected chi connectivity index (χ2v) is 10.8. The van der Waals surface area contributed by atoms with Gasteiger partial charge < -0.3 is 19.3 Å². The van der Waals surface area contributed by atoms with Crippen molar-refractivity contribution < 1.29 is 18.7 Å². The summed E-state index contributed by atoms with van der Waals surface area (Å²) in [5.41, 5.74) is 1.44. The van der Waals surface area contributed by atoms with Crippen molar-refractivity contribution in [3.8, 4) is 5.75 Å². The van der Waals surface area contributed by atoms with Gasteiger partial charge in [0.15, 0.2) is 0 Å². The largest absolute Gasteiger partial charge is 0.493 e. The number of anilines is 1. The highest BCUT2D eigenvalue weighted by Gasteiger charge is 2.43. The van der Waals surface area contributed by atoms with Gasteiger partial charge in [0.2, 0.25) is 11.9 Å². The molecule has 0 radical (unpaired) electrons. The Hall–Kier alpha value is -2.74. The summed E-state index contributed by atoms with van der Waals surface area (Å²) in [5.74, 6) is 3.26. The van der Waals surface area contributed by atoms with Crippen molar-refractivity contribution in [2.75, 3.05) is 44.8 Å². The molecule has 0 bridgehead atoms. The molecular weight excluding hydrogens is 471 g/mol. The fourth-order valence-corrected chi connectivity index (χ4v) is 5.97. The number of ether oxygens (including phenoxy) is 2. The summed E-state index contributed by atoms with van der Waals surface area (Å²) in [6.07, 6.45) is 11.7. The number of carbonyl (C=O) groups excluding carboxylic acids is 1. The predicted octanol–water partition coefficient (Wildman–Crippen LogP) is 4.64. The lowest BCUT2D eigenvalue weighted by Gasteiger charge is -2.32. The van der Waals surface area contributed by atoms with Crippen LogP contribution in [0.2, 0.25) is 0 Å². The second-order valence-electron chi connectivity index (χ2n) is 10.8. The molecule has 0 spiro atoms. The Morgan fingerprint density at radius 2 is 1.84 bits per heavy atom. The molecule has 1 aromatic heterocycles. The molecule has 1 aliphatic carbocycles. The van der Waals surface area contributed by atoms with Crippen molar-refractivity contribution in [1.29, 1.82) is 0 Å². The molecular formula is C29H39FN4O3. The van der Waals surface area contributed by atoms with Crippen LogP contribution in [0, 0.1) is 23.6 Å². The molecule has 5 rings (SSSR count). The summed E-state index contributed by atoms with van der Waals surface area (Å²) < 4.78 is 25.6. The van der Waals surface area contributed by atoms with Gasteiger partial charge in [0.1, 0.15) is 11.6 Å². The minimum Gasteiger partial charge on any atom is -0.493 e. The van der Waals surface area contributed by atoms with Crippen LogP contribution in [0.5, 0.6) is 5.75 Å². The fraction of sp³-hybridized carbons (Fsp3) is 0.621. The van der Waals surface area contributed by atoms with E-state index in [1.165, 1.54) is 31.7 Å². The minimum absolute atomic E-state index is 0.0189. The van der Waals surface area contributed by atoms with Gasteiger partial charge in [0, 0.05) is 57.3 Å². The Kier molecular flexibility index (Phi) is 8.54. The average Bonchev–Trinajstić information content (AvgIpc) is 3.71. The predicted molar refractivity (Wildman–Crippen MR) is 140 cm³/mol. The molecule has 0 N–H and O–H groups in total. The summed E-state index contributed by atoms with van der Waals surface area (Å²) in [6, 6.07) is 4.93. The van der Waals surface area contributed by atoms with Gasteiger partial charge in [-0.25, -0.2) is 14.4 Å². The molecule has 3 aliphatic rings. The van der Waals surface area contributed by atoms with Crippen molar-refractivity contribution >= 4 is 11.9 Å². The summed E-state index contributed by atoms with van der Waals surface area (Å²) in [7, 11) is 1.68. The van der Waals surface area contributed by atoms with Crippen LogP contribution in [0.3, 0.4) is 0 Å². The summed E-state index contributed by atoms with van der Waals surface area (Å²) in [6.45, 7) is 4.73. The van der Waals surface area contributed by atoms with E-state index in [9.17, 15) is 9.18 Å². The van der Waals surface area contributed by atoms with Crippen molar-refractivity contribution in [2.24, 2.45) is 17.8 Å². The zero-order chi connectivity index (χ0) is 25.6. The molecule has 200 valence electrons. The van der Waals surface area contributed by atoms with Crippen molar-refractivity contribution in [3.63, 3.8) is 0 Å². The van der Waals surface area contributed by atoms with Gasteiger partial charge in [-0.15, -0.1) is 0 Å². The molecule has 37 heavy (non-hydrogen) atoms. The van der Waals surface area contributed by atoms with Crippen LogP contribution in [-0.4, -0.2) is 60.7 Å². The lowest BCUT2D eigenvalue weighted by atomic mass is 9.90. The maximum absolute atomic E-state index is 14.6. The molecule has 2 atom stereocenters. The number of piperidine rings is 2. The summed E-state index contributed by atoms with van der Waals surface area (Å²) in [4.78, 5) is 25.6. The number of rotatable bonds is 10. The number of likely N-dealkylation sites (tertiary alicyclic amines) is 1. The molecule has 2 aromatic rings. The van der Waals surface area contributed by atoms with E-state index in [4.69, 9.17) is 9.47 Å². The van der Waals surface area contributed by atoms with Gasteiger partial charge in [-0.3, -0.25) is 4.79 Å². The topological polar surface area (TPSA) is 67.8 Å². The molecule has 7 nitrogen and oxygen atoms in total. The van der Waals surface area contributed by atoms with Gasteiger partial charge in [0.05, 0.1) is 19.6 Å². The number of hydrogen-bond acceptors (Lipinski definition) is 6. The Bertz CT molecular complexity index is 1040. The Balaban J connectivity index is 1.01. The van der Waals surface area contributed by atoms with Crippen LogP contribution in [0.15, 0.2) is 30.6 Å². The number of aromatic nitrogens is 2. The highest BCUT2D eigenvalue weighted by atomic mass is 19.1. The molecule has 2 saturated heterocycles. The van der Waals surface area contributed by atoms with E-state index in [0.29, 0.717) is 30.4 Å². The van der Waals surface area contributed by atoms with E-state index >= 15 is 0 Å². The van der Waals surface area contributed by atoms with Crippen LogP contribution < -0.4 is 9.64 Å². The molecule has 1 saturated carbocycles. The Morgan fingerprint density at radius 3 is 2.54 bits per heavy atom. The third kappa shape index (κ3) is 6.78. The van der Waals surface area contributed by atoms with Gasteiger partial charge in [-0.2, -0.15) is 0 Å². The smallest absolute Gasteiger partial charge is 0.227 e. The SMILES string of the molecule is COCc1cnc(N2CCC([C@H]3C[C@H]3CCOc3ccc(CC(=O)N4CCCCC4)c(F)c3)CC2)nc1. The first-order valence-electron chi connectivity index (χ1n) is 13.8. The van der Waals surface area contributed by atoms with E-state index in [1.807, 2.05) is 17.3 Å². The third-order valence-electron chi connectivity index (χ3n) is 8.24. The molecule has 2 aliphatic heterocycles. The van der Waals surface area contributed by atoms with Crippen molar-refractivity contribution in [3.05, 3.63) is 47.5 Å². The summed E-state index contributed by atoms with van der Waals surface area (Å²) >= 11 is 0. The number of hydrogen-bond donors (Lipinski definition) is 0. The van der Waals surface area contributed by atoms with Crippen LogP contribution >= 0.6 is 0 Å². The molecule has 1 aromatic carbocycles. The average molecular weight is 511 g/mol. The lowest BCUT2D eigenvalue weighted by molar-refractivity contribution is -0.131. The first-order chi connectivity index (χ1) is 18.1. The van der Waals surface area contributed by atoms with E-state index in [2.05, 4.69) is 14.9 Å². The van der Waals surface area contributed by atoms with E-state index in [0.717, 1.165) is 68.8 Å². The normalized spacial score (nSPS) is 22.2. The zero-order valence-electron chi connectivity index (χ0n) is 21.9. The maximum atomic E-state index is 14.6. The van der Waals surface area contributed by atoms with E-state index < -0.39 is 0 Å². The van der Waals surface area contributed by atoms with Crippen molar-refractivity contribution in [2.45, 2.75) is 58.0 Å². The monoisotopic (exact) mass is 510 g/mol. The number of methoxy groups -OCH3 is 1. The molecule has 1 amide bonds. The number of halogens is 1. The van der Waals surface area contributed by atoms with Gasteiger partial charge in [0.25, 0.3) is 0 Å². The Labute approximate surface area is 219 Å². The van der Waals surface area contributed by atoms with Crippen LogP contribution in [0.25, 0.3) is 0 Å². The van der Waals surface area contributed by atoms with Gasteiger partial charge in [-0.05, 0) is 74.3 Å². The minimum atomic E-state index is -0.351. The van der Waals surface area contributed by atoms with Gasteiger partial charge >= 0.3 is 0 Å². The zero-order valence-corrected chi connectivity index (χ0v) is 21.9. The second kappa shape index (κ2) is 12.2.